The summed E-state index contributed by atoms with van der Waals surface area (Å²) in [5.41, 5.74) is 5.74. The van der Waals surface area contributed by atoms with Gasteiger partial charge in [0.25, 0.3) is 5.91 Å². The molecular formula is C27H35ClN2O7. The summed E-state index contributed by atoms with van der Waals surface area (Å²) in [5, 5.41) is 3.43. The van der Waals surface area contributed by atoms with Crippen LogP contribution in [0.5, 0.6) is 5.75 Å². The molecule has 2 atom stereocenters. The van der Waals surface area contributed by atoms with Crippen LogP contribution in [0.2, 0.25) is 5.02 Å². The van der Waals surface area contributed by atoms with Crippen molar-refractivity contribution in [1.29, 1.82) is 0 Å². The zero-order valence-corrected chi connectivity index (χ0v) is 22.5. The summed E-state index contributed by atoms with van der Waals surface area (Å²) in [6.45, 7) is 8.82. The van der Waals surface area contributed by atoms with Crippen LogP contribution in [-0.4, -0.2) is 49.1 Å². The van der Waals surface area contributed by atoms with Crippen LogP contribution in [0.15, 0.2) is 48.5 Å². The summed E-state index contributed by atoms with van der Waals surface area (Å²) in [6.07, 6.45) is -2.04. The maximum absolute atomic E-state index is 12.6. The summed E-state index contributed by atoms with van der Waals surface area (Å²) < 4.78 is 21.2. The molecule has 0 saturated carbocycles. The van der Waals surface area contributed by atoms with Gasteiger partial charge in [-0.25, -0.2) is 9.59 Å². The molecule has 0 spiro atoms. The van der Waals surface area contributed by atoms with E-state index in [9.17, 15) is 14.4 Å². The van der Waals surface area contributed by atoms with Crippen LogP contribution >= 0.6 is 11.6 Å². The van der Waals surface area contributed by atoms with Gasteiger partial charge in [-0.1, -0.05) is 37.6 Å². The number of halogens is 1. The van der Waals surface area contributed by atoms with Crippen molar-refractivity contribution in [1.82, 2.24) is 5.32 Å². The van der Waals surface area contributed by atoms with Crippen LogP contribution in [0.3, 0.4) is 0 Å². The molecule has 9 nitrogen and oxygen atoms in total. The van der Waals surface area contributed by atoms with E-state index in [1.54, 1.807) is 50.2 Å². The third-order valence-electron chi connectivity index (χ3n) is 5.35. The first-order valence-corrected chi connectivity index (χ1v) is 12.4. The summed E-state index contributed by atoms with van der Waals surface area (Å²) >= 11 is 5.85. The highest BCUT2D eigenvalue weighted by molar-refractivity contribution is 6.30. The number of hydrogen-bond acceptors (Lipinski definition) is 8. The second kappa shape index (κ2) is 13.9. The van der Waals surface area contributed by atoms with E-state index in [0.717, 1.165) is 5.56 Å². The Kier molecular flexibility index (Phi) is 11.2. The van der Waals surface area contributed by atoms with Gasteiger partial charge < -0.3 is 30.0 Å². The fraction of sp³-hybridized carbons (Fsp3) is 0.444. The number of ether oxygens (including phenoxy) is 4. The number of carbonyl (C=O) groups excluding carboxylic acids is 3. The van der Waals surface area contributed by atoms with E-state index in [-0.39, 0.29) is 18.4 Å². The number of carbonyl (C=O) groups is 3. The van der Waals surface area contributed by atoms with Gasteiger partial charge in [-0.3, -0.25) is 4.79 Å². The first-order chi connectivity index (χ1) is 17.4. The van der Waals surface area contributed by atoms with E-state index in [1.165, 1.54) is 6.92 Å². The summed E-state index contributed by atoms with van der Waals surface area (Å²) in [4.78, 5) is 36.7. The lowest BCUT2D eigenvalue weighted by Crippen LogP contribution is -2.42. The van der Waals surface area contributed by atoms with Gasteiger partial charge >= 0.3 is 12.1 Å². The Balaban J connectivity index is 1.81. The van der Waals surface area contributed by atoms with Gasteiger partial charge in [0.2, 0.25) is 6.29 Å². The molecule has 1 amide bonds. The topological polar surface area (TPSA) is 126 Å². The monoisotopic (exact) mass is 534 g/mol. The van der Waals surface area contributed by atoms with E-state index in [0.29, 0.717) is 29.3 Å². The number of hydrogen-bond donors (Lipinski definition) is 2. The van der Waals surface area contributed by atoms with Gasteiger partial charge in [0, 0.05) is 30.6 Å². The van der Waals surface area contributed by atoms with Gasteiger partial charge in [-0.15, -0.1) is 0 Å². The van der Waals surface area contributed by atoms with Gasteiger partial charge in [0.05, 0.1) is 0 Å². The van der Waals surface area contributed by atoms with Crippen molar-refractivity contribution in [3.8, 4) is 5.75 Å². The molecule has 10 heteroatoms. The average Bonchev–Trinajstić information content (AvgIpc) is 2.83. The minimum Gasteiger partial charge on any atom is -0.476 e. The van der Waals surface area contributed by atoms with Gasteiger partial charge in [-0.2, -0.15) is 0 Å². The predicted molar refractivity (Wildman–Crippen MR) is 139 cm³/mol. The second-order valence-electron chi connectivity index (χ2n) is 9.25. The SMILES string of the molecule is CC(OC(=O)OC(CN)C(C)C)OC(=O)C(C)(C)Oc1ccc(CCNC(=O)c2ccc(Cl)cc2)cc1. The molecule has 0 bridgehead atoms. The van der Waals surface area contributed by atoms with Crippen molar-refractivity contribution in [2.45, 2.75) is 59.0 Å². The van der Waals surface area contributed by atoms with Gasteiger partial charge in [0.1, 0.15) is 11.9 Å². The van der Waals surface area contributed by atoms with Crippen molar-refractivity contribution < 1.29 is 33.3 Å². The molecule has 3 N–H and O–H groups in total. The molecule has 0 radical (unpaired) electrons. The molecule has 0 heterocycles. The van der Waals surface area contributed by atoms with Crippen LogP contribution in [-0.2, 0) is 25.4 Å². The van der Waals surface area contributed by atoms with Crippen molar-refractivity contribution in [3.63, 3.8) is 0 Å². The molecule has 2 aromatic carbocycles. The lowest BCUT2D eigenvalue weighted by atomic mass is 10.1. The molecule has 202 valence electrons. The van der Waals surface area contributed by atoms with E-state index in [1.807, 2.05) is 26.0 Å². The number of benzene rings is 2. The van der Waals surface area contributed by atoms with E-state index < -0.39 is 30.1 Å². The lowest BCUT2D eigenvalue weighted by Gasteiger charge is -2.26. The Morgan fingerprint density at radius 3 is 2.14 bits per heavy atom. The van der Waals surface area contributed by atoms with Gasteiger partial charge in [-0.05, 0) is 68.1 Å². The van der Waals surface area contributed by atoms with Crippen molar-refractivity contribution in [3.05, 3.63) is 64.7 Å². The highest BCUT2D eigenvalue weighted by atomic mass is 35.5. The number of nitrogens with one attached hydrogen (secondary N) is 1. The molecule has 0 aliphatic heterocycles. The van der Waals surface area contributed by atoms with Crippen molar-refractivity contribution in [2.75, 3.05) is 13.1 Å². The zero-order chi connectivity index (χ0) is 27.6. The standard InChI is InChI=1S/C27H35ClN2O7/c1-17(2)23(16-29)36-26(33)35-18(3)34-25(32)27(4,5)37-22-12-6-19(7-13-22)14-15-30-24(31)20-8-10-21(28)11-9-20/h6-13,17-18,23H,14-16,29H2,1-5H3,(H,30,31). The summed E-state index contributed by atoms with van der Waals surface area (Å²) in [6, 6.07) is 13.8. The third-order valence-corrected chi connectivity index (χ3v) is 5.60. The molecule has 0 aliphatic rings. The molecule has 0 saturated heterocycles. The Morgan fingerprint density at radius 1 is 0.946 bits per heavy atom. The van der Waals surface area contributed by atoms with E-state index >= 15 is 0 Å². The van der Waals surface area contributed by atoms with Crippen LogP contribution in [0.1, 0.15) is 50.5 Å². The van der Waals surface area contributed by atoms with Crippen LogP contribution in [0.4, 0.5) is 4.79 Å². The molecule has 0 aliphatic carbocycles. The highest BCUT2D eigenvalue weighted by Crippen LogP contribution is 2.21. The minimum atomic E-state index is -1.35. The average molecular weight is 535 g/mol. The molecule has 2 rings (SSSR count). The smallest absolute Gasteiger partial charge is 0.476 e. The lowest BCUT2D eigenvalue weighted by molar-refractivity contribution is -0.184. The van der Waals surface area contributed by atoms with E-state index in [2.05, 4.69) is 5.32 Å². The largest absolute Gasteiger partial charge is 0.511 e. The normalized spacial score (nSPS) is 12.9. The molecule has 2 aromatic rings. The maximum atomic E-state index is 12.6. The second-order valence-corrected chi connectivity index (χ2v) is 9.68. The molecule has 2 unspecified atom stereocenters. The van der Waals surface area contributed by atoms with E-state index in [4.69, 9.17) is 36.3 Å². The van der Waals surface area contributed by atoms with Crippen molar-refractivity contribution in [2.24, 2.45) is 11.7 Å². The van der Waals surface area contributed by atoms with Crippen LogP contribution < -0.4 is 15.8 Å². The first kappa shape index (κ1) is 29.9. The molecular weight excluding hydrogens is 500 g/mol. The van der Waals surface area contributed by atoms with Crippen LogP contribution in [0.25, 0.3) is 0 Å². The Bertz CT molecular complexity index is 1040. The summed E-state index contributed by atoms with van der Waals surface area (Å²) in [5.74, 6) is -0.433. The quantitative estimate of drug-likeness (QED) is 0.301. The Labute approximate surface area is 222 Å². The first-order valence-electron chi connectivity index (χ1n) is 12.0. The number of esters is 1. The maximum Gasteiger partial charge on any atom is 0.511 e. The Hall–Kier alpha value is -3.30. The zero-order valence-electron chi connectivity index (χ0n) is 21.8. The van der Waals surface area contributed by atoms with Gasteiger partial charge in [0.15, 0.2) is 5.60 Å². The minimum absolute atomic E-state index is 0.0160. The van der Waals surface area contributed by atoms with Crippen LogP contribution in [0, 0.1) is 5.92 Å². The highest BCUT2D eigenvalue weighted by Gasteiger charge is 2.34. The summed E-state index contributed by atoms with van der Waals surface area (Å²) in [7, 11) is 0. The fourth-order valence-corrected chi connectivity index (χ4v) is 3.27. The van der Waals surface area contributed by atoms with Crippen molar-refractivity contribution >= 4 is 29.6 Å². The predicted octanol–water partition coefficient (Wildman–Crippen LogP) is 4.50. The molecule has 37 heavy (non-hydrogen) atoms. The number of nitrogens with two attached hydrogens (primary N) is 1. The molecule has 0 aromatic heterocycles. The molecule has 0 fully saturated rings. The Morgan fingerprint density at radius 2 is 1.57 bits per heavy atom. The number of rotatable bonds is 12. The number of amides is 1. The fourth-order valence-electron chi connectivity index (χ4n) is 3.14. The third kappa shape index (κ3) is 9.93.